The number of nitro groups is 1. The summed E-state index contributed by atoms with van der Waals surface area (Å²) in [5.74, 6) is 1.20. The third-order valence-corrected chi connectivity index (χ3v) is 5.43. The van der Waals surface area contributed by atoms with Gasteiger partial charge >= 0.3 is 0 Å². The van der Waals surface area contributed by atoms with Crippen LogP contribution < -0.4 is 10.6 Å². The number of non-ortho nitro benzene ring substituents is 1. The van der Waals surface area contributed by atoms with Crippen molar-refractivity contribution in [2.24, 2.45) is 10.9 Å². The average molecular weight is 515 g/mol. The number of amides is 1. The Hall–Kier alpha value is -1.91. The lowest BCUT2D eigenvalue weighted by molar-refractivity contribution is -0.384. The molecule has 0 bridgehead atoms. The normalized spacial score (nSPS) is 19.7. The molecule has 1 aromatic rings. The summed E-state index contributed by atoms with van der Waals surface area (Å²) < 4.78 is 0. The predicted molar refractivity (Wildman–Crippen MR) is 123 cm³/mol. The van der Waals surface area contributed by atoms with Crippen LogP contribution in [0.5, 0.6) is 0 Å². The molecule has 2 N–H and O–H groups in total. The second-order valence-corrected chi connectivity index (χ2v) is 7.52. The number of rotatable bonds is 6. The second-order valence-electron chi connectivity index (χ2n) is 7.52. The van der Waals surface area contributed by atoms with E-state index in [1.54, 1.807) is 12.1 Å². The number of nitro benzene ring substituents is 1. The number of halogens is 1. The molecule has 2 fully saturated rings. The van der Waals surface area contributed by atoms with Gasteiger partial charge in [-0.1, -0.05) is 25.0 Å². The Kier molecular flexibility index (Phi) is 9.12. The third-order valence-electron chi connectivity index (χ3n) is 5.43. The van der Waals surface area contributed by atoms with Gasteiger partial charge in [-0.25, -0.2) is 4.99 Å². The van der Waals surface area contributed by atoms with E-state index in [0.717, 1.165) is 37.9 Å². The first-order valence-corrected chi connectivity index (χ1v) is 10.1. The van der Waals surface area contributed by atoms with Crippen LogP contribution in [-0.4, -0.2) is 47.4 Å². The number of carbonyl (C=O) groups excluding carboxylic acids is 1. The first-order valence-electron chi connectivity index (χ1n) is 10.1. The highest BCUT2D eigenvalue weighted by Crippen LogP contribution is 2.27. The molecule has 9 heteroatoms. The van der Waals surface area contributed by atoms with E-state index in [4.69, 9.17) is 0 Å². The minimum absolute atomic E-state index is 0. The van der Waals surface area contributed by atoms with Crippen molar-refractivity contribution in [3.8, 4) is 0 Å². The number of benzene rings is 1. The SMILES string of the molecule is CCNC(=NCc1cccc([N+](=O)[O-])c1)NC1CCN(C(=O)C2CCCC2)C1.I. The van der Waals surface area contributed by atoms with Crippen LogP contribution in [0.15, 0.2) is 29.3 Å². The summed E-state index contributed by atoms with van der Waals surface area (Å²) in [4.78, 5) is 29.7. The van der Waals surface area contributed by atoms with Crippen molar-refractivity contribution in [1.29, 1.82) is 0 Å². The zero-order valence-corrected chi connectivity index (χ0v) is 19.1. The van der Waals surface area contributed by atoms with E-state index in [1.165, 1.54) is 18.9 Å². The maximum atomic E-state index is 12.6. The second kappa shape index (κ2) is 11.3. The fraction of sp³-hybridized carbons (Fsp3) is 0.600. The minimum atomic E-state index is -0.398. The fourth-order valence-corrected chi connectivity index (χ4v) is 3.96. The highest BCUT2D eigenvalue weighted by Gasteiger charge is 2.32. The van der Waals surface area contributed by atoms with Gasteiger partial charge in [0.15, 0.2) is 5.96 Å². The number of hydrogen-bond acceptors (Lipinski definition) is 4. The molecule has 1 saturated carbocycles. The Labute approximate surface area is 188 Å². The third kappa shape index (κ3) is 6.55. The van der Waals surface area contributed by atoms with Gasteiger partial charge in [-0.05, 0) is 31.7 Å². The lowest BCUT2D eigenvalue weighted by Crippen LogP contribution is -2.45. The van der Waals surface area contributed by atoms with Crippen molar-refractivity contribution in [3.05, 3.63) is 39.9 Å². The Morgan fingerprint density at radius 3 is 2.76 bits per heavy atom. The van der Waals surface area contributed by atoms with Gasteiger partial charge in [-0.3, -0.25) is 14.9 Å². The predicted octanol–water partition coefficient (Wildman–Crippen LogP) is 3.06. The Bertz CT molecular complexity index is 737. The van der Waals surface area contributed by atoms with Crippen LogP contribution in [-0.2, 0) is 11.3 Å². The van der Waals surface area contributed by atoms with Gasteiger partial charge in [0.05, 0.1) is 11.5 Å². The van der Waals surface area contributed by atoms with Gasteiger partial charge in [0, 0.05) is 43.7 Å². The highest BCUT2D eigenvalue weighted by atomic mass is 127. The summed E-state index contributed by atoms with van der Waals surface area (Å²) in [5.41, 5.74) is 0.860. The molecule has 29 heavy (non-hydrogen) atoms. The summed E-state index contributed by atoms with van der Waals surface area (Å²) in [6.07, 6.45) is 5.29. The molecule has 0 radical (unpaired) electrons. The first-order chi connectivity index (χ1) is 13.6. The van der Waals surface area contributed by atoms with Gasteiger partial charge in [0.25, 0.3) is 5.69 Å². The van der Waals surface area contributed by atoms with E-state index in [0.29, 0.717) is 25.0 Å². The van der Waals surface area contributed by atoms with E-state index in [-0.39, 0.29) is 41.6 Å². The standard InChI is InChI=1S/C20H29N5O3.HI/c1-2-21-20(22-13-15-6-5-9-18(12-15)25(27)28)23-17-10-11-24(14-17)19(26)16-7-3-4-8-16;/h5-6,9,12,16-17H,2-4,7-8,10-11,13-14H2,1H3,(H2,21,22,23);1H. The monoisotopic (exact) mass is 515 g/mol. The van der Waals surface area contributed by atoms with Gasteiger partial charge in [0.1, 0.15) is 0 Å². The molecule has 1 aromatic carbocycles. The van der Waals surface area contributed by atoms with Gasteiger partial charge in [-0.2, -0.15) is 0 Å². The molecule has 160 valence electrons. The maximum absolute atomic E-state index is 12.6. The topological polar surface area (TPSA) is 99.9 Å². The van der Waals surface area contributed by atoms with E-state index >= 15 is 0 Å². The molecule has 1 aliphatic heterocycles. The van der Waals surface area contributed by atoms with Gasteiger partial charge < -0.3 is 15.5 Å². The summed E-state index contributed by atoms with van der Waals surface area (Å²) in [6, 6.07) is 6.70. The quantitative estimate of drug-likeness (QED) is 0.200. The molecule has 1 saturated heterocycles. The number of likely N-dealkylation sites (tertiary alicyclic amines) is 1. The molecule has 1 atom stereocenters. The van der Waals surface area contributed by atoms with Crippen molar-refractivity contribution < 1.29 is 9.72 Å². The van der Waals surface area contributed by atoms with Crippen molar-refractivity contribution in [1.82, 2.24) is 15.5 Å². The Morgan fingerprint density at radius 2 is 2.07 bits per heavy atom. The number of nitrogens with one attached hydrogen (secondary N) is 2. The van der Waals surface area contributed by atoms with Crippen LogP contribution in [0.2, 0.25) is 0 Å². The first kappa shape index (κ1) is 23.4. The fourth-order valence-electron chi connectivity index (χ4n) is 3.96. The van der Waals surface area contributed by atoms with Crippen LogP contribution in [0.25, 0.3) is 0 Å². The van der Waals surface area contributed by atoms with Gasteiger partial charge in [-0.15, -0.1) is 24.0 Å². The van der Waals surface area contributed by atoms with E-state index in [9.17, 15) is 14.9 Å². The van der Waals surface area contributed by atoms with Gasteiger partial charge in [0.2, 0.25) is 5.91 Å². The maximum Gasteiger partial charge on any atom is 0.269 e. The molecule has 2 aliphatic rings. The summed E-state index contributed by atoms with van der Waals surface area (Å²) in [7, 11) is 0. The minimum Gasteiger partial charge on any atom is -0.357 e. The molecule has 1 unspecified atom stereocenters. The molecule has 1 heterocycles. The Balaban J connectivity index is 0.00000300. The molecule has 0 aromatic heterocycles. The molecular formula is C20H30IN5O3. The summed E-state index contributed by atoms with van der Waals surface area (Å²) >= 11 is 0. The highest BCUT2D eigenvalue weighted by molar-refractivity contribution is 14.0. The Morgan fingerprint density at radius 1 is 1.31 bits per heavy atom. The largest absolute Gasteiger partial charge is 0.357 e. The summed E-state index contributed by atoms with van der Waals surface area (Å²) in [5, 5.41) is 17.5. The molecule has 0 spiro atoms. The lowest BCUT2D eigenvalue weighted by Gasteiger charge is -2.21. The molecule has 1 amide bonds. The van der Waals surface area contributed by atoms with E-state index in [1.807, 2.05) is 17.9 Å². The zero-order chi connectivity index (χ0) is 19.9. The van der Waals surface area contributed by atoms with Crippen LogP contribution in [0, 0.1) is 16.0 Å². The van der Waals surface area contributed by atoms with Crippen molar-refractivity contribution in [2.45, 2.75) is 51.6 Å². The van der Waals surface area contributed by atoms with Crippen LogP contribution >= 0.6 is 24.0 Å². The van der Waals surface area contributed by atoms with Crippen LogP contribution in [0.4, 0.5) is 5.69 Å². The van der Waals surface area contributed by atoms with E-state index in [2.05, 4.69) is 15.6 Å². The lowest BCUT2D eigenvalue weighted by atomic mass is 10.1. The smallest absolute Gasteiger partial charge is 0.269 e. The van der Waals surface area contributed by atoms with Crippen molar-refractivity contribution in [3.63, 3.8) is 0 Å². The molecular weight excluding hydrogens is 485 g/mol. The molecule has 8 nitrogen and oxygen atoms in total. The average Bonchev–Trinajstić information content (AvgIpc) is 3.38. The van der Waals surface area contributed by atoms with Crippen LogP contribution in [0.3, 0.4) is 0 Å². The number of nitrogens with zero attached hydrogens (tertiary/aromatic N) is 3. The number of aliphatic imine (C=N–C) groups is 1. The number of carbonyl (C=O) groups is 1. The van der Waals surface area contributed by atoms with Crippen molar-refractivity contribution in [2.75, 3.05) is 19.6 Å². The van der Waals surface area contributed by atoms with Crippen LogP contribution in [0.1, 0.15) is 44.6 Å². The van der Waals surface area contributed by atoms with Crippen molar-refractivity contribution >= 4 is 41.5 Å². The number of guanidine groups is 1. The zero-order valence-electron chi connectivity index (χ0n) is 16.8. The number of hydrogen-bond donors (Lipinski definition) is 2. The molecule has 1 aliphatic carbocycles. The van der Waals surface area contributed by atoms with E-state index < -0.39 is 4.92 Å². The molecule has 3 rings (SSSR count). The summed E-state index contributed by atoms with van der Waals surface area (Å²) in [6.45, 7) is 4.57.